The van der Waals surface area contributed by atoms with Gasteiger partial charge in [-0.05, 0) is 70.4 Å². The smallest absolute Gasteiger partial charge is 0.295 e. The first-order valence-electron chi connectivity index (χ1n) is 9.05. The van der Waals surface area contributed by atoms with Crippen molar-refractivity contribution in [2.45, 2.75) is 19.4 Å². The fraction of sp³-hybridized carbons (Fsp3) is 0.333. The zero-order valence-corrected chi connectivity index (χ0v) is 16.1. The molecule has 1 N–H and O–H groups in total. The molecule has 1 fully saturated rings. The Hall–Kier alpha value is -2.93. The van der Waals surface area contributed by atoms with Crippen LogP contribution in [-0.4, -0.2) is 53.8 Å². The van der Waals surface area contributed by atoms with E-state index in [4.69, 9.17) is 4.42 Å². The number of hydrogen-bond donors (Lipinski definition) is 1. The van der Waals surface area contributed by atoms with E-state index in [1.807, 2.05) is 19.0 Å². The van der Waals surface area contributed by atoms with E-state index >= 15 is 0 Å². The molecule has 2 aromatic rings. The Kier molecular flexibility index (Phi) is 5.65. The number of benzene rings is 1. The number of rotatable bonds is 6. The van der Waals surface area contributed by atoms with Crippen LogP contribution in [0.25, 0.3) is 5.76 Å². The number of carbonyl (C=O) groups excluding carboxylic acids is 2. The second-order valence-corrected chi connectivity index (χ2v) is 7.10. The van der Waals surface area contributed by atoms with Crippen LogP contribution >= 0.6 is 0 Å². The molecule has 1 aliphatic heterocycles. The van der Waals surface area contributed by atoms with Crippen molar-refractivity contribution in [1.29, 1.82) is 0 Å². The highest BCUT2D eigenvalue weighted by Gasteiger charge is 2.47. The molecular weight excluding hydrogens is 363 g/mol. The van der Waals surface area contributed by atoms with Gasteiger partial charge in [-0.15, -0.1) is 0 Å². The highest BCUT2D eigenvalue weighted by Crippen LogP contribution is 2.40. The van der Waals surface area contributed by atoms with Crippen LogP contribution < -0.4 is 0 Å². The SMILES string of the molecule is Cc1ccc([C@H]2C(=C(O)c3ccc(F)cc3)C(=O)C(=O)N2CCCN(C)C)o1. The van der Waals surface area contributed by atoms with Gasteiger partial charge in [0.15, 0.2) is 0 Å². The van der Waals surface area contributed by atoms with Gasteiger partial charge < -0.3 is 19.3 Å². The van der Waals surface area contributed by atoms with Crippen LogP contribution in [0.2, 0.25) is 0 Å². The van der Waals surface area contributed by atoms with Gasteiger partial charge in [0.1, 0.15) is 29.1 Å². The minimum Gasteiger partial charge on any atom is -0.507 e. The van der Waals surface area contributed by atoms with Crippen LogP contribution in [0.4, 0.5) is 4.39 Å². The number of aliphatic hydroxyl groups excluding tert-OH is 1. The van der Waals surface area contributed by atoms with Crippen LogP contribution in [0, 0.1) is 12.7 Å². The normalized spacial score (nSPS) is 19.0. The van der Waals surface area contributed by atoms with Gasteiger partial charge in [-0.3, -0.25) is 9.59 Å². The van der Waals surface area contributed by atoms with Gasteiger partial charge in [0, 0.05) is 12.1 Å². The Morgan fingerprint density at radius 2 is 1.86 bits per heavy atom. The van der Waals surface area contributed by atoms with E-state index in [1.54, 1.807) is 19.1 Å². The maximum absolute atomic E-state index is 13.2. The number of halogens is 1. The maximum atomic E-state index is 13.2. The molecule has 148 valence electrons. The molecule has 1 aromatic carbocycles. The molecule has 0 radical (unpaired) electrons. The van der Waals surface area contributed by atoms with Gasteiger partial charge in [-0.25, -0.2) is 4.39 Å². The lowest BCUT2D eigenvalue weighted by Gasteiger charge is -2.24. The molecule has 1 aromatic heterocycles. The molecule has 0 saturated carbocycles. The Morgan fingerprint density at radius 1 is 1.18 bits per heavy atom. The lowest BCUT2D eigenvalue weighted by Crippen LogP contribution is -2.32. The standard InChI is InChI=1S/C21H23FN2O4/c1-13-5-10-16(28-13)18-17(19(25)14-6-8-15(22)9-7-14)20(26)21(27)24(18)12-4-11-23(2)3/h5-10,18,25H,4,11-12H2,1-3H3/t18-/m0/s1. The van der Waals surface area contributed by atoms with E-state index in [-0.39, 0.29) is 16.9 Å². The van der Waals surface area contributed by atoms with E-state index in [0.717, 1.165) is 6.54 Å². The Morgan fingerprint density at radius 3 is 2.43 bits per heavy atom. The van der Waals surface area contributed by atoms with E-state index in [1.165, 1.54) is 29.2 Å². The van der Waals surface area contributed by atoms with Crippen molar-refractivity contribution in [3.05, 3.63) is 64.9 Å². The topological polar surface area (TPSA) is 74.0 Å². The molecule has 1 aliphatic rings. The zero-order valence-electron chi connectivity index (χ0n) is 16.1. The van der Waals surface area contributed by atoms with E-state index in [9.17, 15) is 19.1 Å². The van der Waals surface area contributed by atoms with Crippen molar-refractivity contribution in [2.75, 3.05) is 27.2 Å². The van der Waals surface area contributed by atoms with Crippen LogP contribution in [0.15, 0.2) is 46.4 Å². The third-order valence-electron chi connectivity index (χ3n) is 4.69. The number of amides is 1. The van der Waals surface area contributed by atoms with Crippen molar-refractivity contribution >= 4 is 17.4 Å². The first kappa shape index (κ1) is 19.8. The minimum absolute atomic E-state index is 0.0455. The van der Waals surface area contributed by atoms with Crippen LogP contribution in [0.1, 0.15) is 29.5 Å². The average Bonchev–Trinajstić information content (AvgIpc) is 3.18. The summed E-state index contributed by atoms with van der Waals surface area (Å²) in [7, 11) is 3.85. The van der Waals surface area contributed by atoms with Gasteiger partial charge in [0.25, 0.3) is 11.7 Å². The number of carbonyl (C=O) groups is 2. The number of nitrogens with zero attached hydrogens (tertiary/aromatic N) is 2. The number of aryl methyl sites for hydroxylation is 1. The molecule has 1 amide bonds. The predicted molar refractivity (Wildman–Crippen MR) is 102 cm³/mol. The summed E-state index contributed by atoms with van der Waals surface area (Å²) < 4.78 is 18.9. The predicted octanol–water partition coefficient (Wildman–Crippen LogP) is 3.10. The first-order chi connectivity index (χ1) is 13.3. The molecule has 0 bridgehead atoms. The largest absolute Gasteiger partial charge is 0.507 e. The fourth-order valence-corrected chi connectivity index (χ4v) is 3.33. The molecular formula is C21H23FN2O4. The zero-order chi connectivity index (χ0) is 20.4. The van der Waals surface area contributed by atoms with Crippen molar-refractivity contribution in [2.24, 2.45) is 0 Å². The quantitative estimate of drug-likeness (QED) is 0.469. The number of hydrogen-bond acceptors (Lipinski definition) is 5. The monoisotopic (exact) mass is 386 g/mol. The van der Waals surface area contributed by atoms with E-state index in [0.29, 0.717) is 24.5 Å². The molecule has 1 saturated heterocycles. The molecule has 2 heterocycles. The summed E-state index contributed by atoms with van der Waals surface area (Å²) in [4.78, 5) is 28.9. The van der Waals surface area contributed by atoms with Gasteiger partial charge >= 0.3 is 0 Å². The summed E-state index contributed by atoms with van der Waals surface area (Å²) in [6.07, 6.45) is 0.660. The van der Waals surface area contributed by atoms with Crippen LogP contribution in [-0.2, 0) is 9.59 Å². The molecule has 1 atom stereocenters. The summed E-state index contributed by atoms with van der Waals surface area (Å²) in [6, 6.07) is 7.74. The highest BCUT2D eigenvalue weighted by molar-refractivity contribution is 6.46. The third-order valence-corrected chi connectivity index (χ3v) is 4.69. The number of Topliss-reactive ketones (excluding diaryl/α,β-unsaturated/α-hetero) is 1. The number of aliphatic hydroxyl groups is 1. The first-order valence-corrected chi connectivity index (χ1v) is 9.05. The average molecular weight is 386 g/mol. The Labute approximate surface area is 162 Å². The summed E-state index contributed by atoms with van der Waals surface area (Å²) in [5.74, 6) is -1.21. The second-order valence-electron chi connectivity index (χ2n) is 7.10. The Bertz CT molecular complexity index is 915. The second kappa shape index (κ2) is 7.98. The van der Waals surface area contributed by atoms with Crippen LogP contribution in [0.3, 0.4) is 0 Å². The number of ketones is 1. The Balaban J connectivity index is 2.05. The van der Waals surface area contributed by atoms with E-state index < -0.39 is 23.5 Å². The van der Waals surface area contributed by atoms with E-state index in [2.05, 4.69) is 0 Å². The minimum atomic E-state index is -0.819. The summed E-state index contributed by atoms with van der Waals surface area (Å²) >= 11 is 0. The summed E-state index contributed by atoms with van der Waals surface area (Å²) in [5.41, 5.74) is 0.219. The number of likely N-dealkylation sites (tertiary alicyclic amines) is 1. The van der Waals surface area contributed by atoms with Crippen LogP contribution in [0.5, 0.6) is 0 Å². The number of furan rings is 1. The van der Waals surface area contributed by atoms with Gasteiger partial charge in [0.2, 0.25) is 0 Å². The van der Waals surface area contributed by atoms with Gasteiger partial charge in [-0.2, -0.15) is 0 Å². The van der Waals surface area contributed by atoms with Crippen molar-refractivity contribution in [3.63, 3.8) is 0 Å². The molecule has 3 rings (SSSR count). The summed E-state index contributed by atoms with van der Waals surface area (Å²) in [6.45, 7) is 2.85. The molecule has 0 spiro atoms. The summed E-state index contributed by atoms with van der Waals surface area (Å²) in [5, 5.41) is 10.8. The van der Waals surface area contributed by atoms with Crippen molar-refractivity contribution in [1.82, 2.24) is 9.80 Å². The fourth-order valence-electron chi connectivity index (χ4n) is 3.33. The van der Waals surface area contributed by atoms with Gasteiger partial charge in [-0.1, -0.05) is 0 Å². The highest BCUT2D eigenvalue weighted by atomic mass is 19.1. The third kappa shape index (κ3) is 3.84. The van der Waals surface area contributed by atoms with Gasteiger partial charge in [0.05, 0.1) is 5.57 Å². The molecule has 6 nitrogen and oxygen atoms in total. The molecule has 7 heteroatoms. The lowest BCUT2D eigenvalue weighted by atomic mass is 9.99. The van der Waals surface area contributed by atoms with Crippen molar-refractivity contribution < 1.29 is 23.5 Å². The maximum Gasteiger partial charge on any atom is 0.295 e. The molecule has 0 unspecified atom stereocenters. The van der Waals surface area contributed by atoms with Crippen molar-refractivity contribution in [3.8, 4) is 0 Å². The lowest BCUT2D eigenvalue weighted by molar-refractivity contribution is -0.140. The molecule has 28 heavy (non-hydrogen) atoms. The molecule has 0 aliphatic carbocycles.